The van der Waals surface area contributed by atoms with E-state index in [4.69, 9.17) is 6.85 Å². The van der Waals surface area contributed by atoms with Crippen molar-refractivity contribution in [1.82, 2.24) is 0 Å². The number of benzene rings is 7. The molecule has 0 fully saturated rings. The highest BCUT2D eigenvalue weighted by Gasteiger charge is 2.46. The first-order chi connectivity index (χ1) is 25.2. The van der Waals surface area contributed by atoms with Gasteiger partial charge in [-0.2, -0.15) is 0 Å². The molecule has 2 aliphatic carbocycles. The summed E-state index contributed by atoms with van der Waals surface area (Å²) in [7, 11) is 0. The second kappa shape index (κ2) is 10.4. The third-order valence-electron chi connectivity index (χ3n) is 10.2. The van der Waals surface area contributed by atoms with Gasteiger partial charge in [-0.15, -0.1) is 0 Å². The van der Waals surface area contributed by atoms with E-state index in [0.717, 1.165) is 33.5 Å². The Kier molecular flexibility index (Phi) is 5.06. The molecule has 7 aromatic rings. The van der Waals surface area contributed by atoms with E-state index in [1.54, 1.807) is 0 Å². The van der Waals surface area contributed by atoms with Gasteiger partial charge in [-0.3, -0.25) is 0 Å². The molecule has 0 saturated carbocycles. The number of fused-ring (bicyclic) bond motifs is 6. The van der Waals surface area contributed by atoms with Gasteiger partial charge in [0.25, 0.3) is 0 Å². The Labute approximate surface area is 284 Å². The monoisotopic (exact) mass is 606 g/mol. The van der Waals surface area contributed by atoms with Crippen LogP contribution in [0, 0.1) is 0 Å². The van der Waals surface area contributed by atoms with Crippen LogP contribution in [0.2, 0.25) is 0 Å². The molecule has 0 spiro atoms. The van der Waals surface area contributed by atoms with Gasteiger partial charge < -0.3 is 4.90 Å². The van der Waals surface area contributed by atoms with E-state index < -0.39 is 16.9 Å². The van der Waals surface area contributed by atoms with Crippen molar-refractivity contribution in [3.63, 3.8) is 0 Å². The Morgan fingerprint density at radius 3 is 1.60 bits per heavy atom. The first-order valence-corrected chi connectivity index (χ1v) is 16.1. The van der Waals surface area contributed by atoms with Gasteiger partial charge in [0, 0.05) is 16.8 Å². The van der Waals surface area contributed by atoms with Gasteiger partial charge in [-0.25, -0.2) is 0 Å². The Morgan fingerprint density at radius 1 is 0.447 bits per heavy atom. The fourth-order valence-electron chi connectivity index (χ4n) is 8.32. The number of nitrogens with zero attached hydrogens (tertiary/aromatic N) is 1. The summed E-state index contributed by atoms with van der Waals surface area (Å²) in [5.41, 5.74) is 12.1. The highest BCUT2D eigenvalue weighted by molar-refractivity contribution is 5.91. The van der Waals surface area contributed by atoms with Crippen molar-refractivity contribution >= 4 is 17.1 Å². The highest BCUT2D eigenvalue weighted by atomic mass is 15.1. The van der Waals surface area contributed by atoms with E-state index in [-0.39, 0.29) is 29.9 Å². The van der Waals surface area contributed by atoms with Crippen molar-refractivity contribution in [1.29, 1.82) is 0 Å². The minimum atomic E-state index is -0.591. The predicted octanol–water partition coefficient (Wildman–Crippen LogP) is 11.8. The average Bonchev–Trinajstić information content (AvgIpc) is 3.62. The number of rotatable bonds is 5. The van der Waals surface area contributed by atoms with E-state index in [2.05, 4.69) is 123 Å². The van der Waals surface area contributed by atoms with Crippen LogP contribution in [0.4, 0.5) is 17.1 Å². The summed E-state index contributed by atoms with van der Waals surface area (Å²) in [6, 6.07) is 49.1. The molecule has 0 unspecified atom stereocenters. The zero-order chi connectivity index (χ0) is 35.9. The van der Waals surface area contributed by atoms with Crippen LogP contribution in [0.1, 0.15) is 54.1 Å². The van der Waals surface area contributed by atoms with Gasteiger partial charge >= 0.3 is 0 Å². The summed E-state index contributed by atoms with van der Waals surface area (Å²) in [5.74, 6) is 0. The molecule has 1 heteroatoms. The molecule has 47 heavy (non-hydrogen) atoms. The SMILES string of the molecule is [2H]c1c([2H])c([2H])c(N(c2ccc(C3(c4ccccc4)c4ccccc4-c4ccccc43)cc2)c2cccc3c2C(C)(C)c2ccccc2-3)c([2H])c1[2H]. The second-order valence-electron chi connectivity index (χ2n) is 12.9. The van der Waals surface area contributed by atoms with Crippen LogP contribution in [0.5, 0.6) is 0 Å². The average molecular weight is 607 g/mol. The molecule has 0 aromatic heterocycles. The molecule has 9 rings (SSSR count). The zero-order valence-electron chi connectivity index (χ0n) is 31.3. The molecular formula is C46H35N. The number of para-hydroxylation sites is 1. The molecule has 7 aromatic carbocycles. The molecule has 0 radical (unpaired) electrons. The standard InChI is InChI=1S/C46H35N/c1-45(2)40-24-12-9-22-38(40)39-23-15-27-43(44(39)45)47(34-18-7-4-8-19-34)35-30-28-33(29-31-35)46(32-16-5-3-6-17-32)41-25-13-10-20-36(41)37-21-11-14-26-42(37)46/h3-31H,1-2H3/i4D,7D,8D,18D,19D. The van der Waals surface area contributed by atoms with Crippen molar-refractivity contribution < 1.29 is 6.85 Å². The Balaban J connectivity index is 1.31. The van der Waals surface area contributed by atoms with E-state index in [9.17, 15) is 0 Å². The smallest absolute Gasteiger partial charge is 0.0713 e. The van der Waals surface area contributed by atoms with E-state index in [1.165, 1.54) is 27.8 Å². The molecule has 0 N–H and O–H groups in total. The second-order valence-corrected chi connectivity index (χ2v) is 12.9. The minimum absolute atomic E-state index is 0.119. The summed E-state index contributed by atoms with van der Waals surface area (Å²) >= 11 is 0. The lowest BCUT2D eigenvalue weighted by Gasteiger charge is -2.35. The number of hydrogen-bond acceptors (Lipinski definition) is 1. The molecule has 0 bridgehead atoms. The molecular weight excluding hydrogens is 567 g/mol. The van der Waals surface area contributed by atoms with Crippen LogP contribution in [-0.4, -0.2) is 0 Å². The molecule has 0 saturated heterocycles. The van der Waals surface area contributed by atoms with Crippen molar-refractivity contribution in [2.45, 2.75) is 24.7 Å². The molecule has 0 aliphatic heterocycles. The van der Waals surface area contributed by atoms with E-state index >= 15 is 0 Å². The van der Waals surface area contributed by atoms with Gasteiger partial charge in [-0.05, 0) is 85.9 Å². The molecule has 0 amide bonds. The van der Waals surface area contributed by atoms with Crippen LogP contribution >= 0.6 is 0 Å². The molecule has 224 valence electrons. The highest BCUT2D eigenvalue weighted by Crippen LogP contribution is 2.57. The normalized spacial score (nSPS) is 16.0. The topological polar surface area (TPSA) is 3.24 Å². The van der Waals surface area contributed by atoms with Gasteiger partial charge in [-0.1, -0.05) is 159 Å². The van der Waals surface area contributed by atoms with E-state index in [0.29, 0.717) is 5.69 Å². The number of anilines is 3. The van der Waals surface area contributed by atoms with Crippen LogP contribution < -0.4 is 4.90 Å². The maximum absolute atomic E-state index is 9.16. The number of hydrogen-bond donors (Lipinski definition) is 0. The Hall–Kier alpha value is -5.66. The summed E-state index contributed by atoms with van der Waals surface area (Å²) in [6.07, 6.45) is 0. The van der Waals surface area contributed by atoms with Crippen LogP contribution in [0.15, 0.2) is 176 Å². The fourth-order valence-corrected chi connectivity index (χ4v) is 8.32. The summed E-state index contributed by atoms with van der Waals surface area (Å²) in [4.78, 5) is 1.88. The minimum Gasteiger partial charge on any atom is -0.310 e. The lowest BCUT2D eigenvalue weighted by molar-refractivity contribution is 0.661. The lowest BCUT2D eigenvalue weighted by atomic mass is 9.67. The summed E-state index contributed by atoms with van der Waals surface area (Å²) in [6.45, 7) is 4.39. The van der Waals surface area contributed by atoms with Crippen molar-refractivity contribution in [2.75, 3.05) is 4.90 Å². The van der Waals surface area contributed by atoms with Crippen molar-refractivity contribution in [2.24, 2.45) is 0 Å². The summed E-state index contributed by atoms with van der Waals surface area (Å²) < 4.78 is 44.0. The fraction of sp³-hybridized carbons (Fsp3) is 0.0870. The molecule has 0 heterocycles. The van der Waals surface area contributed by atoms with Crippen molar-refractivity contribution in [3.05, 3.63) is 209 Å². The molecule has 0 atom stereocenters. The quantitative estimate of drug-likeness (QED) is 0.188. The Bertz CT molecular complexity index is 2480. The largest absolute Gasteiger partial charge is 0.310 e. The lowest BCUT2D eigenvalue weighted by Crippen LogP contribution is -2.28. The van der Waals surface area contributed by atoms with Crippen LogP contribution in [0.25, 0.3) is 22.3 Å². The maximum atomic E-state index is 9.16. The Morgan fingerprint density at radius 2 is 0.957 bits per heavy atom. The molecule has 2 aliphatic rings. The maximum Gasteiger partial charge on any atom is 0.0713 e. The predicted molar refractivity (Wildman–Crippen MR) is 196 cm³/mol. The van der Waals surface area contributed by atoms with E-state index in [1.807, 2.05) is 41.3 Å². The van der Waals surface area contributed by atoms with Crippen LogP contribution in [0.3, 0.4) is 0 Å². The van der Waals surface area contributed by atoms with Crippen LogP contribution in [-0.2, 0) is 10.8 Å². The van der Waals surface area contributed by atoms with Gasteiger partial charge in [0.2, 0.25) is 0 Å². The molecule has 1 nitrogen and oxygen atoms in total. The zero-order valence-corrected chi connectivity index (χ0v) is 26.3. The van der Waals surface area contributed by atoms with Crippen molar-refractivity contribution in [3.8, 4) is 22.3 Å². The third-order valence-corrected chi connectivity index (χ3v) is 10.2. The third kappa shape index (κ3) is 3.90. The van der Waals surface area contributed by atoms with Gasteiger partial charge in [0.15, 0.2) is 0 Å². The summed E-state index contributed by atoms with van der Waals surface area (Å²) in [5, 5.41) is 0. The first kappa shape index (κ1) is 22.8. The van der Waals surface area contributed by atoms with Gasteiger partial charge in [0.05, 0.1) is 18.0 Å². The first-order valence-electron chi connectivity index (χ1n) is 18.6. The van der Waals surface area contributed by atoms with Gasteiger partial charge in [0.1, 0.15) is 0 Å².